The quantitative estimate of drug-likeness (QED) is 0.702. The first kappa shape index (κ1) is 21.5. The summed E-state index contributed by atoms with van der Waals surface area (Å²) in [5.74, 6) is -1.46. The Morgan fingerprint density at radius 2 is 1.73 bits per heavy atom. The molecule has 1 aliphatic rings. The van der Waals surface area contributed by atoms with Crippen molar-refractivity contribution < 1.29 is 22.8 Å². The summed E-state index contributed by atoms with van der Waals surface area (Å²) in [5.41, 5.74) is 0.732. The van der Waals surface area contributed by atoms with Crippen LogP contribution in [0.4, 0.5) is 5.69 Å². The minimum absolute atomic E-state index is 0.0192. The molecule has 0 fully saturated rings. The van der Waals surface area contributed by atoms with Crippen LogP contribution in [-0.2, 0) is 14.8 Å². The number of rotatable bonds is 7. The predicted molar refractivity (Wildman–Crippen MR) is 112 cm³/mol. The highest BCUT2D eigenvalue weighted by atomic mass is 32.2. The summed E-state index contributed by atoms with van der Waals surface area (Å²) >= 11 is 0. The third kappa shape index (κ3) is 4.20. The summed E-state index contributed by atoms with van der Waals surface area (Å²) in [6.07, 6.45) is 0.529. The van der Waals surface area contributed by atoms with E-state index in [1.54, 1.807) is 36.4 Å². The van der Waals surface area contributed by atoms with Crippen LogP contribution in [0, 0.1) is 0 Å². The number of anilines is 1. The largest absolute Gasteiger partial charge is 0.350 e. The predicted octanol–water partition coefficient (Wildman–Crippen LogP) is 2.39. The molecule has 0 radical (unpaired) electrons. The topological polar surface area (TPSA) is 113 Å². The fraction of sp³-hybridized carbons (Fsp3) is 0.286. The molecule has 158 valence electrons. The van der Waals surface area contributed by atoms with E-state index in [-0.39, 0.29) is 35.4 Å². The molecule has 0 saturated heterocycles. The molecule has 30 heavy (non-hydrogen) atoms. The minimum atomic E-state index is -3.96. The summed E-state index contributed by atoms with van der Waals surface area (Å²) in [4.78, 5) is 37.2. The fourth-order valence-electron chi connectivity index (χ4n) is 3.06. The van der Waals surface area contributed by atoms with E-state index in [1.165, 1.54) is 12.1 Å². The minimum Gasteiger partial charge on any atom is -0.350 e. The fourth-order valence-corrected chi connectivity index (χ4v) is 4.63. The number of sulfonamides is 1. The van der Waals surface area contributed by atoms with Gasteiger partial charge in [0.25, 0.3) is 21.8 Å². The van der Waals surface area contributed by atoms with Gasteiger partial charge in [0, 0.05) is 19.0 Å². The van der Waals surface area contributed by atoms with Crippen LogP contribution >= 0.6 is 0 Å². The third-order valence-electron chi connectivity index (χ3n) is 4.89. The maximum Gasteiger partial charge on any atom is 0.269 e. The van der Waals surface area contributed by atoms with Gasteiger partial charge >= 0.3 is 0 Å². The standard InChI is InChI=1S/C21H23N3O5S/c1-3-14(2)22-20(26)15-8-4-6-10-17(15)23-19(25)12-13-24-21(27)16-9-5-7-11-18(16)30(24,28)29/h4-11,14H,3,12-13H2,1-2H3,(H,22,26)(H,23,25). The van der Waals surface area contributed by atoms with Crippen molar-refractivity contribution in [3.8, 4) is 0 Å². The monoisotopic (exact) mass is 429 g/mol. The van der Waals surface area contributed by atoms with Crippen LogP contribution in [0.15, 0.2) is 53.4 Å². The number of nitrogens with one attached hydrogen (secondary N) is 2. The Morgan fingerprint density at radius 3 is 2.43 bits per heavy atom. The van der Waals surface area contributed by atoms with Crippen molar-refractivity contribution in [2.45, 2.75) is 37.6 Å². The zero-order valence-electron chi connectivity index (χ0n) is 16.7. The molecular weight excluding hydrogens is 406 g/mol. The van der Waals surface area contributed by atoms with Gasteiger partial charge in [0.2, 0.25) is 5.91 Å². The van der Waals surface area contributed by atoms with Crippen molar-refractivity contribution in [1.29, 1.82) is 0 Å². The second-order valence-corrected chi connectivity index (χ2v) is 8.84. The van der Waals surface area contributed by atoms with E-state index in [9.17, 15) is 22.8 Å². The molecule has 0 aromatic heterocycles. The average molecular weight is 429 g/mol. The van der Waals surface area contributed by atoms with Crippen molar-refractivity contribution in [1.82, 2.24) is 9.62 Å². The lowest BCUT2D eigenvalue weighted by Crippen LogP contribution is -2.34. The Morgan fingerprint density at radius 1 is 1.07 bits per heavy atom. The van der Waals surface area contributed by atoms with E-state index >= 15 is 0 Å². The number of carbonyl (C=O) groups is 3. The molecule has 0 bridgehead atoms. The van der Waals surface area contributed by atoms with Gasteiger partial charge in [-0.05, 0) is 37.6 Å². The molecule has 1 aliphatic heterocycles. The Balaban J connectivity index is 1.68. The number of carbonyl (C=O) groups excluding carboxylic acids is 3. The normalized spacial score (nSPS) is 15.4. The summed E-state index contributed by atoms with van der Waals surface area (Å²) in [6.45, 7) is 3.54. The molecule has 2 N–H and O–H groups in total. The van der Waals surface area contributed by atoms with Crippen molar-refractivity contribution in [3.63, 3.8) is 0 Å². The molecule has 1 unspecified atom stereocenters. The van der Waals surface area contributed by atoms with Crippen molar-refractivity contribution >= 4 is 33.4 Å². The highest BCUT2D eigenvalue weighted by Gasteiger charge is 2.40. The smallest absolute Gasteiger partial charge is 0.269 e. The van der Waals surface area contributed by atoms with Crippen molar-refractivity contribution in [2.75, 3.05) is 11.9 Å². The SMILES string of the molecule is CCC(C)NC(=O)c1ccccc1NC(=O)CCN1C(=O)c2ccccc2S1(=O)=O. The van der Waals surface area contributed by atoms with Gasteiger partial charge in [-0.25, -0.2) is 12.7 Å². The van der Waals surface area contributed by atoms with E-state index in [2.05, 4.69) is 10.6 Å². The second kappa shape index (κ2) is 8.66. The molecule has 3 rings (SSSR count). The number of fused-ring (bicyclic) bond motifs is 1. The van der Waals surface area contributed by atoms with E-state index in [1.807, 2.05) is 13.8 Å². The average Bonchev–Trinajstić information content (AvgIpc) is 2.92. The van der Waals surface area contributed by atoms with E-state index in [0.717, 1.165) is 6.42 Å². The molecule has 3 amide bonds. The summed E-state index contributed by atoms with van der Waals surface area (Å²) in [5, 5.41) is 5.48. The first-order chi connectivity index (χ1) is 14.3. The van der Waals surface area contributed by atoms with Gasteiger partial charge in [-0.15, -0.1) is 0 Å². The maximum atomic E-state index is 12.6. The van der Waals surface area contributed by atoms with Crippen LogP contribution in [0.2, 0.25) is 0 Å². The summed E-state index contributed by atoms with van der Waals surface area (Å²) < 4.78 is 25.8. The highest BCUT2D eigenvalue weighted by Crippen LogP contribution is 2.30. The van der Waals surface area contributed by atoms with Crippen LogP contribution in [0.3, 0.4) is 0 Å². The van der Waals surface area contributed by atoms with Crippen LogP contribution in [0.25, 0.3) is 0 Å². The van der Waals surface area contributed by atoms with Gasteiger partial charge in [0.1, 0.15) is 4.90 Å². The number of benzene rings is 2. The maximum absolute atomic E-state index is 12.6. The van der Waals surface area contributed by atoms with Crippen LogP contribution in [0.1, 0.15) is 47.4 Å². The first-order valence-electron chi connectivity index (χ1n) is 9.61. The summed E-state index contributed by atoms with van der Waals surface area (Å²) in [6, 6.07) is 12.5. The van der Waals surface area contributed by atoms with E-state index in [4.69, 9.17) is 0 Å². The molecule has 8 nitrogen and oxygen atoms in total. The zero-order chi connectivity index (χ0) is 21.9. The summed E-state index contributed by atoms with van der Waals surface area (Å²) in [7, 11) is -3.96. The molecule has 9 heteroatoms. The number of amides is 3. The molecule has 1 atom stereocenters. The molecule has 1 heterocycles. The molecule has 0 saturated carbocycles. The molecular formula is C21H23N3O5S. The van der Waals surface area contributed by atoms with Gasteiger partial charge in [-0.3, -0.25) is 14.4 Å². The molecule has 0 spiro atoms. The first-order valence-corrected chi connectivity index (χ1v) is 11.1. The molecule has 2 aromatic rings. The van der Waals surface area contributed by atoms with Crippen molar-refractivity contribution in [3.05, 3.63) is 59.7 Å². The Bertz CT molecular complexity index is 1100. The third-order valence-corrected chi connectivity index (χ3v) is 6.73. The highest BCUT2D eigenvalue weighted by molar-refractivity contribution is 7.90. The van der Waals surface area contributed by atoms with Gasteiger partial charge in [0.15, 0.2) is 0 Å². The lowest BCUT2D eigenvalue weighted by molar-refractivity contribution is -0.116. The van der Waals surface area contributed by atoms with Crippen LogP contribution < -0.4 is 10.6 Å². The number of hydrogen-bond acceptors (Lipinski definition) is 5. The number of nitrogens with zero attached hydrogens (tertiary/aromatic N) is 1. The van der Waals surface area contributed by atoms with Gasteiger partial charge < -0.3 is 10.6 Å². The number of para-hydroxylation sites is 1. The molecule has 2 aromatic carbocycles. The van der Waals surface area contributed by atoms with E-state index in [0.29, 0.717) is 15.6 Å². The van der Waals surface area contributed by atoms with Gasteiger partial charge in [0.05, 0.1) is 16.8 Å². The lowest BCUT2D eigenvalue weighted by Gasteiger charge is -2.16. The van der Waals surface area contributed by atoms with E-state index < -0.39 is 21.8 Å². The Labute approximate surface area is 175 Å². The van der Waals surface area contributed by atoms with Crippen LogP contribution in [0.5, 0.6) is 0 Å². The van der Waals surface area contributed by atoms with Gasteiger partial charge in [-0.2, -0.15) is 0 Å². The molecule has 0 aliphatic carbocycles. The Kier molecular flexibility index (Phi) is 6.21. The lowest BCUT2D eigenvalue weighted by atomic mass is 10.1. The van der Waals surface area contributed by atoms with Gasteiger partial charge in [-0.1, -0.05) is 31.2 Å². The Hall–Kier alpha value is -3.20. The zero-order valence-corrected chi connectivity index (χ0v) is 17.5. The van der Waals surface area contributed by atoms with Crippen LogP contribution in [-0.4, -0.2) is 43.0 Å². The second-order valence-electron chi connectivity index (χ2n) is 7.01. The number of hydrogen-bond donors (Lipinski definition) is 2. The van der Waals surface area contributed by atoms with Crippen molar-refractivity contribution in [2.24, 2.45) is 0 Å².